The first-order chi connectivity index (χ1) is 22.4. The summed E-state index contributed by atoms with van der Waals surface area (Å²) >= 11 is -2.28. The summed E-state index contributed by atoms with van der Waals surface area (Å²) < 4.78 is 20.4. The van der Waals surface area contributed by atoms with E-state index in [-0.39, 0.29) is 62.1 Å². The molecule has 0 N–H and O–H groups in total. The maximum atomic E-state index is 11.7. The minimum absolute atomic E-state index is 0.0387. The molecule has 0 atom stereocenters. The van der Waals surface area contributed by atoms with Gasteiger partial charge < -0.3 is 40.2 Å². The Morgan fingerprint density at radius 3 is 1.24 bits per heavy atom. The molecule has 46 heavy (non-hydrogen) atoms. The van der Waals surface area contributed by atoms with Gasteiger partial charge in [0.15, 0.2) is 0 Å². The summed E-state index contributed by atoms with van der Waals surface area (Å²) in [6, 6.07) is 0. The van der Waals surface area contributed by atoms with Crippen molar-refractivity contribution in [1.82, 2.24) is 0 Å². The fourth-order valence-electron chi connectivity index (χ4n) is 4.52. The number of hydrogen-bond acceptors (Lipinski definition) is 8. The van der Waals surface area contributed by atoms with Crippen LogP contribution in [0, 0.1) is 17.8 Å². The Bertz CT molecular complexity index is 903. The van der Waals surface area contributed by atoms with Gasteiger partial charge in [-0.05, 0) is 0 Å². The molecule has 0 amide bonds. The molecule has 0 spiro atoms. The number of esters is 4. The van der Waals surface area contributed by atoms with E-state index in [2.05, 4.69) is 21.3 Å². The number of rotatable bonds is 10. The Balaban J connectivity index is 0.000000393. The molecule has 256 valence electrons. The summed E-state index contributed by atoms with van der Waals surface area (Å²) in [6.07, 6.45) is 9.44. The van der Waals surface area contributed by atoms with Crippen molar-refractivity contribution in [3.05, 3.63) is 45.2 Å². The zero-order chi connectivity index (χ0) is 33.8. The van der Waals surface area contributed by atoms with Crippen LogP contribution in [0.4, 0.5) is 0 Å². The predicted octanol–water partition coefficient (Wildman–Crippen LogP) is 6.08. The van der Waals surface area contributed by atoms with Crippen LogP contribution in [0.1, 0.15) is 38.5 Å². The van der Waals surface area contributed by atoms with Gasteiger partial charge >= 0.3 is 101 Å². The van der Waals surface area contributed by atoms with Crippen LogP contribution in [0.2, 0.25) is 0 Å². The van der Waals surface area contributed by atoms with Crippen molar-refractivity contribution < 1.29 is 82.3 Å². The molecule has 3 fully saturated rings. The van der Waals surface area contributed by atoms with Crippen molar-refractivity contribution in [1.29, 1.82) is 0 Å². The van der Waals surface area contributed by atoms with E-state index in [0.717, 1.165) is 77.8 Å². The normalized spacial score (nSPS) is 18.0. The van der Waals surface area contributed by atoms with E-state index in [1.807, 2.05) is 0 Å². The molecule has 4 rings (SSSR count). The topological polar surface area (TPSA) is 162 Å². The van der Waals surface area contributed by atoms with Gasteiger partial charge in [0.2, 0.25) is 0 Å². The van der Waals surface area contributed by atoms with Gasteiger partial charge in [0.1, 0.15) is 26.4 Å². The summed E-state index contributed by atoms with van der Waals surface area (Å²) in [5, 5.41) is 16.5. The summed E-state index contributed by atoms with van der Waals surface area (Å²) in [6.45, 7) is 5.35. The number of halogens is 4. The van der Waals surface area contributed by atoms with Crippen molar-refractivity contribution in [2.75, 3.05) is 72.2 Å². The van der Waals surface area contributed by atoms with Gasteiger partial charge in [-0.2, -0.15) is 6.20 Å². The van der Waals surface area contributed by atoms with E-state index in [9.17, 15) is 19.2 Å². The SMILES string of the molecule is O=C(OCCOC(=O)C1CC[N-]CC1)C1=CC[N-]C=C1.O=C(OCCOC(=O)C1CC[N-]CC1)C1CC[N-]CC1.[Cl][Hg][Cl].[Cl][Hg][Cl]. The molecule has 0 aromatic heterocycles. The van der Waals surface area contributed by atoms with E-state index in [0.29, 0.717) is 12.1 Å². The first-order valence-electron chi connectivity index (χ1n) is 15.2. The van der Waals surface area contributed by atoms with Crippen LogP contribution < -0.4 is 0 Å². The molecule has 0 aromatic carbocycles. The van der Waals surface area contributed by atoms with Crippen LogP contribution >= 0.6 is 33.0 Å². The van der Waals surface area contributed by atoms with E-state index in [4.69, 9.17) is 51.9 Å². The molecule has 12 nitrogen and oxygen atoms in total. The molecule has 0 aliphatic carbocycles. The Labute approximate surface area is 310 Å². The third-order valence-corrected chi connectivity index (χ3v) is 6.96. The third kappa shape index (κ3) is 21.2. The molecule has 3 saturated heterocycles. The average Bonchev–Trinajstić information content (AvgIpc) is 3.10. The molecule has 4 aliphatic rings. The van der Waals surface area contributed by atoms with Crippen molar-refractivity contribution in [3.63, 3.8) is 0 Å². The second kappa shape index (κ2) is 29.9. The maximum absolute atomic E-state index is 11.7. The van der Waals surface area contributed by atoms with E-state index in [1.54, 1.807) is 18.4 Å². The molecule has 18 heteroatoms. The van der Waals surface area contributed by atoms with Crippen LogP contribution in [-0.4, -0.2) is 96.1 Å². The van der Waals surface area contributed by atoms with Gasteiger partial charge in [-0.15, -0.1) is 45.8 Å². The molecule has 4 heterocycles. The third-order valence-electron chi connectivity index (χ3n) is 6.96. The molecule has 0 aromatic rings. The molecule has 0 unspecified atom stereocenters. The zero-order valence-electron chi connectivity index (χ0n) is 26.0. The second-order valence-electron chi connectivity index (χ2n) is 10.0. The molecule has 4 aliphatic heterocycles. The Morgan fingerprint density at radius 1 is 0.609 bits per heavy atom. The summed E-state index contributed by atoms with van der Waals surface area (Å²) in [4.78, 5) is 46.8. The molecular weight excluding hydrogens is 1060 g/mol. The van der Waals surface area contributed by atoms with E-state index in [1.165, 1.54) is 0 Å². The van der Waals surface area contributed by atoms with Crippen LogP contribution in [0.5, 0.6) is 0 Å². The molecule has 0 bridgehead atoms. The Kier molecular flexibility index (Phi) is 28.7. The van der Waals surface area contributed by atoms with Gasteiger partial charge in [-0.25, -0.2) is 4.79 Å². The Hall–Kier alpha value is 0.0701. The van der Waals surface area contributed by atoms with Gasteiger partial charge in [-0.1, -0.05) is 50.7 Å². The Morgan fingerprint density at radius 2 is 0.935 bits per heavy atom. The monoisotopic (exact) mass is 1100 g/mol. The zero-order valence-corrected chi connectivity index (χ0v) is 40.0. The van der Waals surface area contributed by atoms with Crippen LogP contribution in [-0.2, 0) is 82.3 Å². The second-order valence-corrected chi connectivity index (χ2v) is 25.8. The molecule has 0 radical (unpaired) electrons. The first kappa shape index (κ1) is 44.1. The minimum atomic E-state index is -1.14. The van der Waals surface area contributed by atoms with Crippen molar-refractivity contribution >= 4 is 56.9 Å². The van der Waals surface area contributed by atoms with Gasteiger partial charge in [0.05, 0.1) is 23.3 Å². The number of carbonyl (C=O) groups excluding carboxylic acids is 4. The number of piperidine rings is 3. The van der Waals surface area contributed by atoms with Crippen molar-refractivity contribution in [3.8, 4) is 0 Å². The van der Waals surface area contributed by atoms with Crippen molar-refractivity contribution in [2.24, 2.45) is 17.8 Å². The molecule has 0 saturated carbocycles. The van der Waals surface area contributed by atoms with E-state index < -0.39 is 50.2 Å². The van der Waals surface area contributed by atoms with Crippen LogP contribution in [0.3, 0.4) is 0 Å². The molecular formula is C28H40Cl4Hg2N4O8-4. The number of ether oxygens (including phenoxy) is 4. The van der Waals surface area contributed by atoms with Crippen LogP contribution in [0.25, 0.3) is 21.3 Å². The van der Waals surface area contributed by atoms with Crippen molar-refractivity contribution in [2.45, 2.75) is 38.5 Å². The summed E-state index contributed by atoms with van der Waals surface area (Å²) in [7, 11) is 19.9. The number of hydrogen-bond donors (Lipinski definition) is 0. The predicted molar refractivity (Wildman–Crippen MR) is 170 cm³/mol. The fourth-order valence-corrected chi connectivity index (χ4v) is 4.52. The summed E-state index contributed by atoms with van der Waals surface area (Å²) in [5.41, 5.74) is 0.486. The average molecular weight is 1100 g/mol. The van der Waals surface area contributed by atoms with Gasteiger partial charge in [0, 0.05) is 0 Å². The van der Waals surface area contributed by atoms with Gasteiger partial charge in [0.25, 0.3) is 0 Å². The quantitative estimate of drug-likeness (QED) is 0.110. The van der Waals surface area contributed by atoms with Crippen LogP contribution in [0.15, 0.2) is 23.9 Å². The van der Waals surface area contributed by atoms with E-state index >= 15 is 0 Å². The summed E-state index contributed by atoms with van der Waals surface area (Å²) in [5.74, 6) is -1.14. The van der Waals surface area contributed by atoms with Gasteiger partial charge in [-0.3, -0.25) is 14.4 Å². The number of carbonyl (C=O) groups is 4. The standard InChI is InChI=1S/C14H22N2O4.C14H18N2O4.4ClH.2Hg/c2*17-13(11-1-5-15-6-2-11)19-9-10-20-14(18)12-3-7-16-8-4-12;;;;;;/h11-12H,1-10H2;1-2,5,12H,3-4,6-10H2;4*1H;;/q2*-2;;;;;2*+2/p-4. The fraction of sp³-hybridized carbons (Fsp3) is 0.714. The first-order valence-corrected chi connectivity index (χ1v) is 42.3. The number of nitrogens with zero attached hydrogens (tertiary/aromatic N) is 4.